The van der Waals surface area contributed by atoms with Crippen molar-refractivity contribution in [2.24, 2.45) is 11.8 Å². The van der Waals surface area contributed by atoms with Crippen LogP contribution in [0.5, 0.6) is 5.75 Å². The second kappa shape index (κ2) is 12.0. The maximum absolute atomic E-state index is 15.0. The summed E-state index contributed by atoms with van der Waals surface area (Å²) >= 11 is 0. The van der Waals surface area contributed by atoms with Crippen LogP contribution in [0.2, 0.25) is 0 Å². The van der Waals surface area contributed by atoms with Gasteiger partial charge in [-0.05, 0) is 67.7 Å². The van der Waals surface area contributed by atoms with E-state index in [-0.39, 0.29) is 17.6 Å². The first-order chi connectivity index (χ1) is 18.1. The molecule has 1 aliphatic carbocycles. The van der Waals surface area contributed by atoms with E-state index in [0.29, 0.717) is 63.0 Å². The number of aromatic nitrogens is 2. The van der Waals surface area contributed by atoms with Crippen LogP contribution in [0.15, 0.2) is 36.7 Å². The Morgan fingerprint density at radius 3 is 2.51 bits per heavy atom. The number of hydrogen-bond acceptors (Lipinski definition) is 6. The summed E-state index contributed by atoms with van der Waals surface area (Å²) in [4.78, 5) is 25.9. The van der Waals surface area contributed by atoms with E-state index in [1.807, 2.05) is 35.5 Å². The fourth-order valence-electron chi connectivity index (χ4n) is 5.40. The molecule has 5 rings (SSSR count). The van der Waals surface area contributed by atoms with Crippen molar-refractivity contribution in [2.45, 2.75) is 45.4 Å². The summed E-state index contributed by atoms with van der Waals surface area (Å²) in [6.45, 7) is 7.04. The van der Waals surface area contributed by atoms with Gasteiger partial charge in [-0.2, -0.15) is 0 Å². The van der Waals surface area contributed by atoms with E-state index in [0.717, 1.165) is 55.9 Å². The van der Waals surface area contributed by atoms with Gasteiger partial charge in [0.15, 0.2) is 0 Å². The second-order valence-electron chi connectivity index (χ2n) is 10.3. The number of halogens is 1. The first kappa shape index (κ1) is 25.6. The zero-order valence-electron chi connectivity index (χ0n) is 21.7. The van der Waals surface area contributed by atoms with Crippen molar-refractivity contribution < 1.29 is 18.7 Å². The molecule has 2 aromatic rings. The van der Waals surface area contributed by atoms with Crippen LogP contribution in [0.3, 0.4) is 0 Å². The van der Waals surface area contributed by atoms with Crippen LogP contribution in [0.1, 0.15) is 50.2 Å². The van der Waals surface area contributed by atoms with Gasteiger partial charge in [-0.1, -0.05) is 13.0 Å². The van der Waals surface area contributed by atoms with Gasteiger partial charge in [0.1, 0.15) is 11.6 Å². The minimum atomic E-state index is -0.260. The second-order valence-corrected chi connectivity index (χ2v) is 10.3. The monoisotopic (exact) mass is 508 g/mol. The minimum Gasteiger partial charge on any atom is -0.493 e. The lowest BCUT2D eigenvalue weighted by atomic mass is 9.85. The maximum Gasteiger partial charge on any atom is 0.226 e. The van der Waals surface area contributed by atoms with E-state index in [2.05, 4.69) is 21.8 Å². The maximum atomic E-state index is 15.0. The number of allylic oxidation sites excluding steroid dienone is 2. The standard InChI is InChI=1S/C29H37FN4O3/c1-2-21-18-31-29(32-19-21)34-11-9-22(10-12-34)20-37-25-7-8-26(27(30)17-25)23-3-5-24(6-4-23)28(35)33-13-15-36-16-14-33/h3,7-8,17-19,22,24H,2,4-6,9-16,20H2,1H3. The molecule has 3 aliphatic rings. The fraction of sp³-hybridized carbons (Fsp3) is 0.552. The number of ether oxygens (including phenoxy) is 2. The smallest absolute Gasteiger partial charge is 0.226 e. The Kier molecular flexibility index (Phi) is 8.34. The van der Waals surface area contributed by atoms with Crippen LogP contribution in [0, 0.1) is 17.7 Å². The Bertz CT molecular complexity index is 1090. The highest BCUT2D eigenvalue weighted by atomic mass is 19.1. The third-order valence-electron chi connectivity index (χ3n) is 7.85. The molecule has 198 valence electrons. The Labute approximate surface area is 218 Å². The van der Waals surface area contributed by atoms with Crippen LogP contribution in [-0.2, 0) is 16.0 Å². The highest BCUT2D eigenvalue weighted by Gasteiger charge is 2.28. The van der Waals surface area contributed by atoms with Crippen LogP contribution in [-0.4, -0.2) is 66.8 Å². The molecule has 1 atom stereocenters. The molecule has 8 heteroatoms. The van der Waals surface area contributed by atoms with Gasteiger partial charge in [-0.3, -0.25) is 4.79 Å². The van der Waals surface area contributed by atoms with Crippen molar-refractivity contribution in [1.82, 2.24) is 14.9 Å². The average molecular weight is 509 g/mol. The van der Waals surface area contributed by atoms with E-state index in [4.69, 9.17) is 9.47 Å². The molecule has 0 spiro atoms. The van der Waals surface area contributed by atoms with E-state index in [1.54, 1.807) is 0 Å². The Balaban J connectivity index is 1.10. The summed E-state index contributed by atoms with van der Waals surface area (Å²) in [5.74, 6) is 1.72. The molecule has 1 aromatic carbocycles. The molecule has 3 heterocycles. The van der Waals surface area contributed by atoms with Gasteiger partial charge in [-0.15, -0.1) is 0 Å². The highest BCUT2D eigenvalue weighted by molar-refractivity contribution is 5.81. The van der Waals surface area contributed by atoms with Gasteiger partial charge in [0.25, 0.3) is 0 Å². The fourth-order valence-corrected chi connectivity index (χ4v) is 5.40. The number of carbonyl (C=O) groups is 1. The Morgan fingerprint density at radius 1 is 1.11 bits per heavy atom. The van der Waals surface area contributed by atoms with E-state index in [1.165, 1.54) is 6.07 Å². The molecule has 2 saturated heterocycles. The molecule has 1 amide bonds. The van der Waals surface area contributed by atoms with Gasteiger partial charge >= 0.3 is 0 Å². The van der Waals surface area contributed by atoms with Gasteiger partial charge in [-0.25, -0.2) is 14.4 Å². The predicted octanol–water partition coefficient (Wildman–Crippen LogP) is 4.52. The molecule has 0 N–H and O–H groups in total. The van der Waals surface area contributed by atoms with Gasteiger partial charge in [0, 0.05) is 56.1 Å². The van der Waals surface area contributed by atoms with Crippen molar-refractivity contribution in [1.29, 1.82) is 0 Å². The van der Waals surface area contributed by atoms with Crippen molar-refractivity contribution in [3.63, 3.8) is 0 Å². The van der Waals surface area contributed by atoms with E-state index in [9.17, 15) is 4.79 Å². The largest absolute Gasteiger partial charge is 0.493 e. The zero-order valence-corrected chi connectivity index (χ0v) is 21.7. The Hall–Kier alpha value is -3.00. The van der Waals surface area contributed by atoms with Crippen molar-refractivity contribution in [3.8, 4) is 5.75 Å². The topological polar surface area (TPSA) is 67.8 Å². The number of benzene rings is 1. The van der Waals surface area contributed by atoms with Crippen LogP contribution in [0.4, 0.5) is 10.3 Å². The summed E-state index contributed by atoms with van der Waals surface area (Å²) in [6.07, 6.45) is 10.9. The lowest BCUT2D eigenvalue weighted by molar-refractivity contribution is -0.139. The summed E-state index contributed by atoms with van der Waals surface area (Å²) < 4.78 is 26.3. The first-order valence-electron chi connectivity index (χ1n) is 13.6. The number of piperidine rings is 1. The number of nitrogens with zero attached hydrogens (tertiary/aromatic N) is 4. The zero-order chi connectivity index (χ0) is 25.6. The molecule has 37 heavy (non-hydrogen) atoms. The summed E-state index contributed by atoms with van der Waals surface area (Å²) in [5, 5.41) is 0. The molecule has 2 aliphatic heterocycles. The highest BCUT2D eigenvalue weighted by Crippen LogP contribution is 2.34. The third-order valence-corrected chi connectivity index (χ3v) is 7.85. The average Bonchev–Trinajstić information content (AvgIpc) is 2.97. The van der Waals surface area contributed by atoms with Crippen LogP contribution in [0.25, 0.3) is 5.57 Å². The first-order valence-corrected chi connectivity index (χ1v) is 13.6. The summed E-state index contributed by atoms with van der Waals surface area (Å²) in [5.41, 5.74) is 2.75. The molecule has 1 unspecified atom stereocenters. The number of anilines is 1. The molecule has 7 nitrogen and oxygen atoms in total. The van der Waals surface area contributed by atoms with Gasteiger partial charge in [0.05, 0.1) is 19.8 Å². The quantitative estimate of drug-likeness (QED) is 0.548. The van der Waals surface area contributed by atoms with Crippen molar-refractivity contribution >= 4 is 17.4 Å². The number of morpholine rings is 1. The lowest BCUT2D eigenvalue weighted by Gasteiger charge is -2.32. The van der Waals surface area contributed by atoms with Gasteiger partial charge in [0.2, 0.25) is 11.9 Å². The summed E-state index contributed by atoms with van der Waals surface area (Å²) in [6, 6.07) is 5.18. The molecule has 0 saturated carbocycles. The number of amides is 1. The van der Waals surface area contributed by atoms with E-state index >= 15 is 4.39 Å². The number of rotatable bonds is 7. The number of carbonyl (C=O) groups excluding carboxylic acids is 1. The lowest BCUT2D eigenvalue weighted by Crippen LogP contribution is -2.44. The Morgan fingerprint density at radius 2 is 1.86 bits per heavy atom. The number of aryl methyl sites for hydroxylation is 1. The van der Waals surface area contributed by atoms with E-state index < -0.39 is 0 Å². The molecule has 2 fully saturated rings. The normalized spacial score (nSPS) is 21.0. The minimum absolute atomic E-state index is 0.0128. The van der Waals surface area contributed by atoms with Crippen molar-refractivity contribution in [2.75, 3.05) is 50.9 Å². The molecular formula is C29H37FN4O3. The molecular weight excluding hydrogens is 471 g/mol. The third kappa shape index (κ3) is 6.29. The molecule has 1 aromatic heterocycles. The van der Waals surface area contributed by atoms with Crippen LogP contribution >= 0.6 is 0 Å². The molecule has 0 bridgehead atoms. The molecule has 0 radical (unpaired) electrons. The predicted molar refractivity (Wildman–Crippen MR) is 141 cm³/mol. The SMILES string of the molecule is CCc1cnc(N2CCC(COc3ccc(C4=CCC(C(=O)N5CCOCC5)CC4)c(F)c3)CC2)nc1. The van der Waals surface area contributed by atoms with Crippen molar-refractivity contribution in [3.05, 3.63) is 53.6 Å². The summed E-state index contributed by atoms with van der Waals surface area (Å²) in [7, 11) is 0. The van der Waals surface area contributed by atoms with Gasteiger partial charge < -0.3 is 19.3 Å². The van der Waals surface area contributed by atoms with Crippen LogP contribution < -0.4 is 9.64 Å². The number of hydrogen-bond donors (Lipinski definition) is 0.